The van der Waals surface area contributed by atoms with Gasteiger partial charge in [0.2, 0.25) is 5.95 Å². The molecule has 10 nitrogen and oxygen atoms in total. The smallest absolute Gasteiger partial charge is 0.270 e. The van der Waals surface area contributed by atoms with Gasteiger partial charge in [0.05, 0.1) is 23.1 Å². The fraction of sp³-hybridized carbons (Fsp3) is 0.464. The maximum atomic E-state index is 13.7. The molecule has 3 aromatic rings. The summed E-state index contributed by atoms with van der Waals surface area (Å²) in [5, 5.41) is 23.8. The van der Waals surface area contributed by atoms with Crippen LogP contribution in [-0.4, -0.2) is 43.9 Å². The van der Waals surface area contributed by atoms with Crippen LogP contribution in [0.15, 0.2) is 28.3 Å². The van der Waals surface area contributed by atoms with E-state index >= 15 is 0 Å². The summed E-state index contributed by atoms with van der Waals surface area (Å²) in [6, 6.07) is 7.35. The van der Waals surface area contributed by atoms with Crippen LogP contribution in [-0.2, 0) is 11.9 Å². The average Bonchev–Trinajstić information content (AvgIpc) is 2.90. The van der Waals surface area contributed by atoms with Crippen molar-refractivity contribution < 1.29 is 9.23 Å². The van der Waals surface area contributed by atoms with Crippen LogP contribution in [0.4, 0.5) is 10.1 Å². The summed E-state index contributed by atoms with van der Waals surface area (Å²) in [7, 11) is 3.45. The molecule has 0 unspecified atom stereocenters. The number of nitrogens with zero attached hydrogens (tertiary/aromatic N) is 8. The van der Waals surface area contributed by atoms with Crippen molar-refractivity contribution in [2.24, 2.45) is 18.1 Å². The van der Waals surface area contributed by atoms with Gasteiger partial charge in [0.25, 0.3) is 5.56 Å². The molecule has 0 atom stereocenters. The standard InChI is InChI=1S/C28H31FN8O2/c1-16-23(32-15-22(29)33-16)24(35-39-28(2,3)4)17-7-10-19(11-8-17)36(5)26-20(14-31)27(38)37(6)21-12-9-18(13-30)34-25(21)26/h9,12,15,17,19H,7-8,10-11H2,1-6H3/b35-24-. The van der Waals surface area contributed by atoms with E-state index in [1.807, 2.05) is 38.8 Å². The molecule has 3 heterocycles. The second-order valence-electron chi connectivity index (χ2n) is 10.8. The number of pyridine rings is 2. The third-order valence-electron chi connectivity index (χ3n) is 7.00. The highest BCUT2D eigenvalue weighted by molar-refractivity contribution is 6.01. The lowest BCUT2D eigenvalue weighted by atomic mass is 9.81. The van der Waals surface area contributed by atoms with Crippen molar-refractivity contribution in [3.8, 4) is 12.1 Å². The van der Waals surface area contributed by atoms with E-state index in [4.69, 9.17) is 4.84 Å². The molecule has 1 aliphatic rings. The molecule has 0 aliphatic heterocycles. The van der Waals surface area contributed by atoms with E-state index < -0.39 is 17.1 Å². The number of nitriles is 2. The molecule has 4 rings (SSSR count). The van der Waals surface area contributed by atoms with Crippen LogP contribution in [0.3, 0.4) is 0 Å². The molecule has 0 spiro atoms. The van der Waals surface area contributed by atoms with Gasteiger partial charge in [-0.1, -0.05) is 5.16 Å². The number of anilines is 1. The van der Waals surface area contributed by atoms with Crippen molar-refractivity contribution in [2.75, 3.05) is 11.9 Å². The summed E-state index contributed by atoms with van der Waals surface area (Å²) < 4.78 is 15.1. The van der Waals surface area contributed by atoms with Gasteiger partial charge in [-0.2, -0.15) is 14.9 Å². The Morgan fingerprint density at radius 1 is 1.18 bits per heavy atom. The molecule has 3 aromatic heterocycles. The first-order chi connectivity index (χ1) is 18.4. The van der Waals surface area contributed by atoms with Crippen LogP contribution >= 0.6 is 0 Å². The summed E-state index contributed by atoms with van der Waals surface area (Å²) in [5.74, 6) is -0.657. The first-order valence-corrected chi connectivity index (χ1v) is 12.8. The Balaban J connectivity index is 1.67. The predicted molar refractivity (Wildman–Crippen MR) is 145 cm³/mol. The lowest BCUT2D eigenvalue weighted by Crippen LogP contribution is -2.39. The maximum absolute atomic E-state index is 13.7. The number of aryl methyl sites for hydroxylation is 2. The third kappa shape index (κ3) is 5.58. The number of oxime groups is 1. The first kappa shape index (κ1) is 27.6. The van der Waals surface area contributed by atoms with Gasteiger partial charge in [0.1, 0.15) is 45.9 Å². The molecule has 0 saturated heterocycles. The van der Waals surface area contributed by atoms with Crippen molar-refractivity contribution in [3.05, 3.63) is 57.3 Å². The zero-order valence-electron chi connectivity index (χ0n) is 23.0. The SMILES string of the molecule is Cc1nc(F)cnc1/C(=N\OC(C)(C)C)C1CCC(N(C)c2c(C#N)c(=O)n(C)c3ccc(C#N)nc23)CC1. The van der Waals surface area contributed by atoms with Crippen LogP contribution < -0.4 is 10.5 Å². The largest absolute Gasteiger partial charge is 0.390 e. The number of hydrogen-bond donors (Lipinski definition) is 0. The molecule has 0 bridgehead atoms. The molecule has 202 valence electrons. The van der Waals surface area contributed by atoms with Crippen LogP contribution in [0.25, 0.3) is 11.0 Å². The van der Waals surface area contributed by atoms with Gasteiger partial charge in [0, 0.05) is 26.1 Å². The Bertz CT molecular complexity index is 1580. The molecule has 0 radical (unpaired) electrons. The summed E-state index contributed by atoms with van der Waals surface area (Å²) in [5.41, 5.74) is 2.27. The van der Waals surface area contributed by atoms with E-state index in [2.05, 4.69) is 26.2 Å². The quantitative estimate of drug-likeness (QED) is 0.355. The van der Waals surface area contributed by atoms with Crippen molar-refractivity contribution in [1.82, 2.24) is 19.5 Å². The Morgan fingerprint density at radius 3 is 2.46 bits per heavy atom. The molecule has 11 heteroatoms. The molecular weight excluding hydrogens is 499 g/mol. The van der Waals surface area contributed by atoms with E-state index in [0.717, 1.165) is 31.9 Å². The molecule has 1 aliphatic carbocycles. The van der Waals surface area contributed by atoms with Crippen LogP contribution in [0.5, 0.6) is 0 Å². The average molecular weight is 531 g/mol. The van der Waals surface area contributed by atoms with Gasteiger partial charge < -0.3 is 14.3 Å². The molecular formula is C28H31FN8O2. The van der Waals surface area contributed by atoms with Crippen molar-refractivity contribution in [1.29, 1.82) is 10.5 Å². The minimum atomic E-state index is -0.652. The van der Waals surface area contributed by atoms with Gasteiger partial charge in [-0.25, -0.2) is 15.0 Å². The maximum Gasteiger partial charge on any atom is 0.270 e. The number of fused-ring (bicyclic) bond motifs is 1. The normalized spacial score (nSPS) is 17.9. The third-order valence-corrected chi connectivity index (χ3v) is 7.00. The highest BCUT2D eigenvalue weighted by Gasteiger charge is 2.32. The van der Waals surface area contributed by atoms with Gasteiger partial charge in [-0.05, 0) is 65.5 Å². The van der Waals surface area contributed by atoms with E-state index in [-0.39, 0.29) is 23.2 Å². The summed E-state index contributed by atoms with van der Waals surface area (Å²) in [6.45, 7) is 7.40. The lowest BCUT2D eigenvalue weighted by Gasteiger charge is -2.37. The van der Waals surface area contributed by atoms with Crippen molar-refractivity contribution in [3.63, 3.8) is 0 Å². The van der Waals surface area contributed by atoms with Gasteiger partial charge in [0.15, 0.2) is 0 Å². The van der Waals surface area contributed by atoms with Crippen LogP contribution in [0.2, 0.25) is 0 Å². The Labute approximate surface area is 226 Å². The topological polar surface area (TPSA) is 133 Å². The monoisotopic (exact) mass is 530 g/mol. The lowest BCUT2D eigenvalue weighted by molar-refractivity contribution is -0.0000897. The Kier molecular flexibility index (Phi) is 7.64. The minimum Gasteiger partial charge on any atom is -0.390 e. The summed E-state index contributed by atoms with van der Waals surface area (Å²) >= 11 is 0. The molecule has 1 saturated carbocycles. The fourth-order valence-corrected chi connectivity index (χ4v) is 5.02. The predicted octanol–water partition coefficient (Wildman–Crippen LogP) is 4.13. The van der Waals surface area contributed by atoms with Gasteiger partial charge >= 0.3 is 0 Å². The Morgan fingerprint density at radius 2 is 1.87 bits per heavy atom. The van der Waals surface area contributed by atoms with E-state index in [9.17, 15) is 19.7 Å². The number of rotatable bonds is 5. The molecule has 1 fully saturated rings. The zero-order chi connectivity index (χ0) is 28.5. The van der Waals surface area contributed by atoms with Gasteiger partial charge in [-0.15, -0.1) is 0 Å². The number of hydrogen-bond acceptors (Lipinski definition) is 9. The second-order valence-corrected chi connectivity index (χ2v) is 10.8. The molecule has 0 aromatic carbocycles. The van der Waals surface area contributed by atoms with Gasteiger partial charge in [-0.3, -0.25) is 4.79 Å². The fourth-order valence-electron chi connectivity index (χ4n) is 5.02. The molecule has 0 N–H and O–H groups in total. The number of aromatic nitrogens is 4. The summed E-state index contributed by atoms with van der Waals surface area (Å²) in [4.78, 5) is 33.4. The summed E-state index contributed by atoms with van der Waals surface area (Å²) in [6.07, 6.45) is 3.98. The van der Waals surface area contributed by atoms with Crippen molar-refractivity contribution >= 4 is 22.4 Å². The highest BCUT2D eigenvalue weighted by Crippen LogP contribution is 2.35. The first-order valence-electron chi connectivity index (χ1n) is 12.8. The van der Waals surface area contributed by atoms with Crippen LogP contribution in [0, 0.1) is 41.5 Å². The van der Waals surface area contributed by atoms with Crippen molar-refractivity contribution in [2.45, 2.75) is 65.0 Å². The highest BCUT2D eigenvalue weighted by atomic mass is 19.1. The Hall–Kier alpha value is -4.38. The molecule has 39 heavy (non-hydrogen) atoms. The minimum absolute atomic E-state index is 0.00128. The number of halogens is 1. The zero-order valence-corrected chi connectivity index (χ0v) is 23.0. The van der Waals surface area contributed by atoms with E-state index in [0.29, 0.717) is 33.8 Å². The van der Waals surface area contributed by atoms with E-state index in [1.54, 1.807) is 26.1 Å². The van der Waals surface area contributed by atoms with E-state index in [1.165, 1.54) is 4.57 Å². The second kappa shape index (κ2) is 10.8. The van der Waals surface area contributed by atoms with Crippen LogP contribution in [0.1, 0.15) is 69.1 Å². The molecule has 0 amide bonds.